The Kier molecular flexibility index (Phi) is 7.08. The first-order chi connectivity index (χ1) is 6.24. The molecule has 0 aliphatic heterocycles. The third kappa shape index (κ3) is 4.52. The topological polar surface area (TPSA) is 0 Å². The highest BCUT2D eigenvalue weighted by Crippen LogP contribution is 2.18. The fraction of sp³-hybridized carbons (Fsp3) is 0.833. The molecule has 0 aromatic heterocycles. The van der Waals surface area contributed by atoms with Gasteiger partial charge in [0.15, 0.2) is 0 Å². The first-order valence-corrected chi connectivity index (χ1v) is 8.36. The van der Waals surface area contributed by atoms with Crippen molar-refractivity contribution in [1.29, 1.82) is 0 Å². The van der Waals surface area contributed by atoms with E-state index in [9.17, 15) is 0 Å². The minimum atomic E-state index is -1.13. The van der Waals surface area contributed by atoms with Crippen molar-refractivity contribution >= 4 is 8.07 Å². The summed E-state index contributed by atoms with van der Waals surface area (Å²) in [5, 5.41) is 0. The van der Waals surface area contributed by atoms with Crippen molar-refractivity contribution in [1.82, 2.24) is 0 Å². The third-order valence-corrected chi connectivity index (χ3v) is 7.81. The van der Waals surface area contributed by atoms with Gasteiger partial charge in [0, 0.05) is 6.42 Å². The van der Waals surface area contributed by atoms with Gasteiger partial charge in [-0.3, -0.25) is 0 Å². The fourth-order valence-corrected chi connectivity index (χ4v) is 4.06. The smallest absolute Gasteiger partial charge is 0.131 e. The van der Waals surface area contributed by atoms with Crippen molar-refractivity contribution in [3.8, 4) is 11.5 Å². The van der Waals surface area contributed by atoms with Gasteiger partial charge >= 0.3 is 0 Å². The van der Waals surface area contributed by atoms with Gasteiger partial charge in [-0.15, -0.1) is 11.5 Å². The van der Waals surface area contributed by atoms with E-state index in [1.165, 1.54) is 31.0 Å². The van der Waals surface area contributed by atoms with Gasteiger partial charge in [-0.2, -0.15) is 0 Å². The molecule has 0 spiro atoms. The van der Waals surface area contributed by atoms with Crippen LogP contribution in [0.15, 0.2) is 0 Å². The molecule has 13 heavy (non-hydrogen) atoms. The van der Waals surface area contributed by atoms with Gasteiger partial charge in [0.1, 0.15) is 8.07 Å². The quantitative estimate of drug-likeness (QED) is 0.351. The molecule has 0 rings (SSSR count). The Balaban J connectivity index is 4.11. The van der Waals surface area contributed by atoms with Crippen molar-refractivity contribution < 1.29 is 0 Å². The molecule has 0 heterocycles. The van der Waals surface area contributed by atoms with Crippen LogP contribution < -0.4 is 0 Å². The summed E-state index contributed by atoms with van der Waals surface area (Å²) < 4.78 is 0. The zero-order valence-electron chi connectivity index (χ0n) is 9.74. The van der Waals surface area contributed by atoms with Crippen LogP contribution >= 0.6 is 0 Å². The molecule has 0 saturated heterocycles. The van der Waals surface area contributed by atoms with Crippen molar-refractivity contribution in [3.05, 3.63) is 0 Å². The minimum Gasteiger partial charge on any atom is -0.131 e. The molecular formula is C12H24Si. The molecule has 0 saturated carbocycles. The highest BCUT2D eigenvalue weighted by atomic mass is 28.3. The molecule has 0 aliphatic carbocycles. The van der Waals surface area contributed by atoms with Crippen LogP contribution in [0.5, 0.6) is 0 Å². The van der Waals surface area contributed by atoms with Crippen molar-refractivity contribution in [3.63, 3.8) is 0 Å². The second kappa shape index (κ2) is 7.21. The van der Waals surface area contributed by atoms with Gasteiger partial charge in [-0.05, 0) is 24.6 Å². The SMILES string of the molecule is CCCCC#C[Si](CC)(CC)CC. The summed E-state index contributed by atoms with van der Waals surface area (Å²) in [6.07, 6.45) is 3.66. The Labute approximate surface area is 85.1 Å². The van der Waals surface area contributed by atoms with Gasteiger partial charge in [0.25, 0.3) is 0 Å². The minimum absolute atomic E-state index is 1.12. The van der Waals surface area contributed by atoms with E-state index < -0.39 is 8.07 Å². The van der Waals surface area contributed by atoms with Crippen LogP contribution in [-0.2, 0) is 0 Å². The lowest BCUT2D eigenvalue weighted by atomic mass is 10.3. The highest BCUT2D eigenvalue weighted by Gasteiger charge is 2.23. The van der Waals surface area contributed by atoms with E-state index in [0.717, 1.165) is 6.42 Å². The lowest BCUT2D eigenvalue weighted by molar-refractivity contribution is 0.828. The van der Waals surface area contributed by atoms with Gasteiger partial charge in [0.05, 0.1) is 0 Å². The van der Waals surface area contributed by atoms with Crippen molar-refractivity contribution in [2.75, 3.05) is 0 Å². The molecule has 0 bridgehead atoms. The van der Waals surface area contributed by atoms with Gasteiger partial charge in [-0.1, -0.05) is 34.1 Å². The van der Waals surface area contributed by atoms with E-state index >= 15 is 0 Å². The third-order valence-electron chi connectivity index (χ3n) is 3.04. The zero-order valence-corrected chi connectivity index (χ0v) is 10.7. The first kappa shape index (κ1) is 12.8. The van der Waals surface area contributed by atoms with E-state index in [0.29, 0.717) is 0 Å². The van der Waals surface area contributed by atoms with E-state index in [1.54, 1.807) is 0 Å². The fourth-order valence-electron chi connectivity index (χ4n) is 1.53. The zero-order chi connectivity index (χ0) is 10.2. The second-order valence-electron chi connectivity index (χ2n) is 3.75. The van der Waals surface area contributed by atoms with E-state index in [-0.39, 0.29) is 0 Å². The maximum absolute atomic E-state index is 3.61. The van der Waals surface area contributed by atoms with Gasteiger partial charge in [0.2, 0.25) is 0 Å². The van der Waals surface area contributed by atoms with Crippen molar-refractivity contribution in [2.45, 2.75) is 65.1 Å². The van der Waals surface area contributed by atoms with Gasteiger partial charge in [-0.25, -0.2) is 0 Å². The summed E-state index contributed by atoms with van der Waals surface area (Å²) in [6.45, 7) is 9.17. The molecule has 0 aromatic rings. The Morgan fingerprint density at radius 1 is 0.923 bits per heavy atom. The molecular weight excluding hydrogens is 172 g/mol. The summed E-state index contributed by atoms with van der Waals surface area (Å²) in [6, 6.07) is 4.00. The number of hydrogen-bond donors (Lipinski definition) is 0. The average Bonchev–Trinajstić information content (AvgIpc) is 2.20. The largest absolute Gasteiger partial charge is 0.137 e. The highest BCUT2D eigenvalue weighted by molar-refractivity contribution is 6.87. The standard InChI is InChI=1S/C12H24Si/c1-5-9-10-11-12-13(6-2,7-3)8-4/h5-10H2,1-4H3. The Hall–Kier alpha value is -0.223. The summed E-state index contributed by atoms with van der Waals surface area (Å²) >= 11 is 0. The van der Waals surface area contributed by atoms with Crippen LogP contribution in [0.4, 0.5) is 0 Å². The normalized spacial score (nSPS) is 10.8. The maximum atomic E-state index is 3.61. The van der Waals surface area contributed by atoms with Crippen LogP contribution in [0.25, 0.3) is 0 Å². The molecule has 0 nitrogen and oxygen atoms in total. The lowest BCUT2D eigenvalue weighted by Crippen LogP contribution is -2.29. The Morgan fingerprint density at radius 2 is 1.46 bits per heavy atom. The van der Waals surface area contributed by atoms with Crippen molar-refractivity contribution in [2.24, 2.45) is 0 Å². The lowest BCUT2D eigenvalue weighted by Gasteiger charge is -2.20. The van der Waals surface area contributed by atoms with E-state index in [1.807, 2.05) is 0 Å². The maximum Gasteiger partial charge on any atom is 0.137 e. The molecule has 1 heteroatoms. The van der Waals surface area contributed by atoms with Crippen LogP contribution in [0, 0.1) is 11.5 Å². The number of unbranched alkanes of at least 4 members (excludes halogenated alkanes) is 2. The second-order valence-corrected chi connectivity index (χ2v) is 8.68. The van der Waals surface area contributed by atoms with Gasteiger partial charge < -0.3 is 0 Å². The molecule has 0 amide bonds. The Bertz CT molecular complexity index is 161. The van der Waals surface area contributed by atoms with Crippen LogP contribution in [0.1, 0.15) is 47.0 Å². The molecule has 76 valence electrons. The van der Waals surface area contributed by atoms with E-state index in [2.05, 4.69) is 39.2 Å². The monoisotopic (exact) mass is 196 g/mol. The van der Waals surface area contributed by atoms with E-state index in [4.69, 9.17) is 0 Å². The summed E-state index contributed by atoms with van der Waals surface area (Å²) in [5.41, 5.74) is 3.61. The van der Waals surface area contributed by atoms with Crippen LogP contribution in [0.2, 0.25) is 18.1 Å². The molecule has 0 fully saturated rings. The molecule has 0 radical (unpaired) electrons. The molecule has 0 atom stereocenters. The first-order valence-electron chi connectivity index (χ1n) is 5.74. The van der Waals surface area contributed by atoms with Crippen LogP contribution in [-0.4, -0.2) is 8.07 Å². The number of hydrogen-bond acceptors (Lipinski definition) is 0. The summed E-state index contributed by atoms with van der Waals surface area (Å²) in [5.74, 6) is 3.39. The molecule has 0 N–H and O–H groups in total. The average molecular weight is 196 g/mol. The predicted molar refractivity (Wildman–Crippen MR) is 64.5 cm³/mol. The van der Waals surface area contributed by atoms with Crippen LogP contribution in [0.3, 0.4) is 0 Å². The summed E-state index contributed by atoms with van der Waals surface area (Å²) in [4.78, 5) is 0. The molecule has 0 aliphatic rings. The number of rotatable bonds is 5. The predicted octanol–water partition coefficient (Wildman–Crippen LogP) is 4.23. The summed E-state index contributed by atoms with van der Waals surface area (Å²) in [7, 11) is -1.13. The molecule has 0 aromatic carbocycles. The molecule has 0 unspecified atom stereocenters. The Morgan fingerprint density at radius 3 is 1.85 bits per heavy atom.